The summed E-state index contributed by atoms with van der Waals surface area (Å²) in [6, 6.07) is 6.22. The van der Waals surface area contributed by atoms with Gasteiger partial charge in [0, 0.05) is 6.42 Å². The molecule has 1 aromatic carbocycles. The van der Waals surface area contributed by atoms with Crippen LogP contribution in [0.5, 0.6) is 5.75 Å². The molecule has 4 rings (SSSR count). The van der Waals surface area contributed by atoms with E-state index in [-0.39, 0.29) is 5.78 Å². The number of aliphatic hydroxyl groups is 1. The highest BCUT2D eigenvalue weighted by molar-refractivity contribution is 5.92. The molecule has 1 fully saturated rings. The van der Waals surface area contributed by atoms with Gasteiger partial charge in [0.1, 0.15) is 11.5 Å². The van der Waals surface area contributed by atoms with E-state index in [9.17, 15) is 9.90 Å². The van der Waals surface area contributed by atoms with Crippen molar-refractivity contribution >= 4 is 11.4 Å². The number of methoxy groups -OCH3 is 1. The zero-order chi connectivity index (χ0) is 15.5. The van der Waals surface area contributed by atoms with E-state index in [2.05, 4.69) is 12.1 Å². The molecule has 2 unspecified atom stereocenters. The average Bonchev–Trinajstić information content (AvgIpc) is 2.78. The van der Waals surface area contributed by atoms with Crippen molar-refractivity contribution in [1.82, 2.24) is 0 Å². The second-order valence-corrected chi connectivity index (χ2v) is 7.10. The monoisotopic (exact) mass is 298 g/mol. The number of hydrogen-bond donors (Lipinski definition) is 1. The molecule has 116 valence electrons. The third-order valence-corrected chi connectivity index (χ3v) is 6.26. The highest BCUT2D eigenvalue weighted by Crippen LogP contribution is 2.58. The maximum absolute atomic E-state index is 12.3. The van der Waals surface area contributed by atoms with Crippen LogP contribution in [0.4, 0.5) is 0 Å². The minimum atomic E-state index is -0.921. The molecule has 0 spiro atoms. The Bertz CT molecular complexity index is 703. The first kappa shape index (κ1) is 14.0. The summed E-state index contributed by atoms with van der Waals surface area (Å²) in [5, 5.41) is 11.4. The number of Topliss-reactive ketones (excluding diaryl/α,β-unsaturated/α-hetero) is 1. The van der Waals surface area contributed by atoms with Crippen LogP contribution >= 0.6 is 0 Å². The number of benzene rings is 1. The lowest BCUT2D eigenvalue weighted by atomic mass is 9.60. The van der Waals surface area contributed by atoms with Crippen molar-refractivity contribution in [3.05, 3.63) is 34.9 Å². The largest absolute Gasteiger partial charge is 0.497 e. The van der Waals surface area contributed by atoms with Crippen molar-refractivity contribution in [3.8, 4) is 5.75 Å². The molecule has 1 N–H and O–H groups in total. The predicted molar refractivity (Wildman–Crippen MR) is 84.8 cm³/mol. The molecule has 0 radical (unpaired) electrons. The van der Waals surface area contributed by atoms with Gasteiger partial charge < -0.3 is 9.84 Å². The molecule has 0 aliphatic heterocycles. The Balaban J connectivity index is 1.87. The maximum atomic E-state index is 12.3. The lowest BCUT2D eigenvalue weighted by Crippen LogP contribution is -2.50. The van der Waals surface area contributed by atoms with Crippen LogP contribution in [-0.4, -0.2) is 23.6 Å². The molecule has 0 heterocycles. The van der Waals surface area contributed by atoms with Gasteiger partial charge in [0.15, 0.2) is 0 Å². The highest BCUT2D eigenvalue weighted by atomic mass is 16.5. The number of ether oxygens (including phenoxy) is 1. The van der Waals surface area contributed by atoms with E-state index in [4.69, 9.17) is 4.74 Å². The van der Waals surface area contributed by atoms with E-state index in [1.165, 1.54) is 16.7 Å². The summed E-state index contributed by atoms with van der Waals surface area (Å²) in [7, 11) is 1.69. The topological polar surface area (TPSA) is 46.5 Å². The smallest absolute Gasteiger partial charge is 0.142 e. The third-order valence-electron chi connectivity index (χ3n) is 6.26. The van der Waals surface area contributed by atoms with E-state index in [0.717, 1.165) is 37.0 Å². The van der Waals surface area contributed by atoms with Gasteiger partial charge in [-0.2, -0.15) is 0 Å². The summed E-state index contributed by atoms with van der Waals surface area (Å²) in [6.07, 6.45) is 4.52. The van der Waals surface area contributed by atoms with E-state index in [0.29, 0.717) is 12.8 Å². The fourth-order valence-electron chi connectivity index (χ4n) is 4.80. The number of hydrogen-bond acceptors (Lipinski definition) is 3. The highest BCUT2D eigenvalue weighted by Gasteiger charge is 2.60. The number of rotatable bonds is 1. The van der Waals surface area contributed by atoms with Crippen LogP contribution in [0.2, 0.25) is 0 Å². The van der Waals surface area contributed by atoms with Crippen LogP contribution in [0.15, 0.2) is 23.8 Å². The molecule has 0 amide bonds. The quantitative estimate of drug-likeness (QED) is 0.865. The van der Waals surface area contributed by atoms with Crippen LogP contribution < -0.4 is 4.74 Å². The lowest BCUT2D eigenvalue weighted by molar-refractivity contribution is -0.133. The molecule has 3 heteroatoms. The van der Waals surface area contributed by atoms with Crippen LogP contribution in [0.1, 0.15) is 50.2 Å². The Morgan fingerprint density at radius 2 is 1.95 bits per heavy atom. The molecular formula is C19H22O3. The van der Waals surface area contributed by atoms with Gasteiger partial charge in [0.25, 0.3) is 0 Å². The van der Waals surface area contributed by atoms with Crippen LogP contribution in [-0.2, 0) is 11.2 Å². The Labute approximate surface area is 131 Å². The minimum absolute atomic E-state index is 0.238. The normalized spacial score (nSPS) is 33.3. The number of carbonyl (C=O) groups excluding carboxylic acids is 1. The van der Waals surface area contributed by atoms with Crippen LogP contribution in [0.3, 0.4) is 0 Å². The summed E-state index contributed by atoms with van der Waals surface area (Å²) in [6.45, 7) is 1.97. The number of fused-ring (bicyclic) bond motifs is 4. The van der Waals surface area contributed by atoms with Crippen LogP contribution in [0.25, 0.3) is 5.57 Å². The summed E-state index contributed by atoms with van der Waals surface area (Å²) in [5.41, 5.74) is 3.46. The SMILES string of the molecule is COc1ccc2c(c1)CCC1=C2CCC2(C)C(=O)CCC12O. The number of allylic oxidation sites excluding steroid dienone is 1. The van der Waals surface area contributed by atoms with Gasteiger partial charge in [-0.15, -0.1) is 0 Å². The molecular weight excluding hydrogens is 276 g/mol. The Kier molecular flexibility index (Phi) is 2.83. The predicted octanol–water partition coefficient (Wildman–Crippen LogP) is 3.29. The number of aryl methyl sites for hydroxylation is 1. The Morgan fingerprint density at radius 1 is 1.14 bits per heavy atom. The first-order chi connectivity index (χ1) is 10.5. The summed E-state index contributed by atoms with van der Waals surface area (Å²) in [4.78, 5) is 12.3. The van der Waals surface area contributed by atoms with Gasteiger partial charge in [-0.1, -0.05) is 6.07 Å². The van der Waals surface area contributed by atoms with Crippen LogP contribution in [0, 0.1) is 5.41 Å². The van der Waals surface area contributed by atoms with E-state index in [1.54, 1.807) is 7.11 Å². The zero-order valence-electron chi connectivity index (χ0n) is 13.2. The van der Waals surface area contributed by atoms with Gasteiger partial charge in [0.05, 0.1) is 18.1 Å². The summed E-state index contributed by atoms with van der Waals surface area (Å²) in [5.74, 6) is 1.13. The van der Waals surface area contributed by atoms with Gasteiger partial charge in [-0.3, -0.25) is 4.79 Å². The van der Waals surface area contributed by atoms with Crippen molar-refractivity contribution in [2.24, 2.45) is 5.41 Å². The molecule has 3 aliphatic rings. The molecule has 22 heavy (non-hydrogen) atoms. The molecule has 0 bridgehead atoms. The fraction of sp³-hybridized carbons (Fsp3) is 0.526. The molecule has 0 saturated heterocycles. The van der Waals surface area contributed by atoms with E-state index < -0.39 is 11.0 Å². The fourth-order valence-corrected chi connectivity index (χ4v) is 4.80. The maximum Gasteiger partial charge on any atom is 0.142 e. The second-order valence-electron chi connectivity index (χ2n) is 7.10. The van der Waals surface area contributed by atoms with Gasteiger partial charge in [0.2, 0.25) is 0 Å². The molecule has 3 nitrogen and oxygen atoms in total. The van der Waals surface area contributed by atoms with Gasteiger partial charge in [-0.05, 0) is 73.4 Å². The zero-order valence-corrected chi connectivity index (χ0v) is 13.2. The molecule has 1 aromatic rings. The van der Waals surface area contributed by atoms with Crippen molar-refractivity contribution in [2.75, 3.05) is 7.11 Å². The second kappa shape index (κ2) is 4.45. The number of carbonyl (C=O) groups is 1. The van der Waals surface area contributed by atoms with Crippen molar-refractivity contribution < 1.29 is 14.6 Å². The van der Waals surface area contributed by atoms with E-state index in [1.807, 2.05) is 13.0 Å². The van der Waals surface area contributed by atoms with Gasteiger partial charge >= 0.3 is 0 Å². The lowest BCUT2D eigenvalue weighted by Gasteiger charge is -2.47. The van der Waals surface area contributed by atoms with E-state index >= 15 is 0 Å². The molecule has 1 saturated carbocycles. The van der Waals surface area contributed by atoms with Gasteiger partial charge in [-0.25, -0.2) is 0 Å². The Morgan fingerprint density at radius 3 is 2.73 bits per heavy atom. The standard InChI is InChI=1S/C19H22O3/c1-18-9-7-15-14-5-4-13(22-2)11-12(14)3-6-16(15)19(18,21)10-8-17(18)20/h4-5,11,21H,3,6-10H2,1-2H3. The first-order valence-electron chi connectivity index (χ1n) is 8.15. The first-order valence-corrected chi connectivity index (χ1v) is 8.15. The van der Waals surface area contributed by atoms with Crippen molar-refractivity contribution in [2.45, 2.75) is 51.0 Å². The molecule has 0 aromatic heterocycles. The molecule has 3 aliphatic carbocycles. The third kappa shape index (κ3) is 1.58. The summed E-state index contributed by atoms with van der Waals surface area (Å²) >= 11 is 0. The Hall–Kier alpha value is -1.61. The molecule has 2 atom stereocenters. The average molecular weight is 298 g/mol. The minimum Gasteiger partial charge on any atom is -0.497 e. The van der Waals surface area contributed by atoms with Crippen molar-refractivity contribution in [1.29, 1.82) is 0 Å². The van der Waals surface area contributed by atoms with Crippen molar-refractivity contribution in [3.63, 3.8) is 0 Å². The number of ketones is 1. The summed E-state index contributed by atoms with van der Waals surface area (Å²) < 4.78 is 5.33.